The van der Waals surface area contributed by atoms with Crippen molar-refractivity contribution in [1.29, 1.82) is 0 Å². The number of nitro groups is 1. The normalized spacial score (nSPS) is 10.3. The summed E-state index contributed by atoms with van der Waals surface area (Å²) in [6.45, 7) is 0. The van der Waals surface area contributed by atoms with Crippen LogP contribution in [-0.2, 0) is 0 Å². The zero-order valence-corrected chi connectivity index (χ0v) is 10.8. The summed E-state index contributed by atoms with van der Waals surface area (Å²) in [7, 11) is 0. The van der Waals surface area contributed by atoms with Crippen LogP contribution in [0.1, 0.15) is 14.7 Å². The van der Waals surface area contributed by atoms with Crippen LogP contribution in [0, 0.1) is 10.1 Å². The molecule has 0 aliphatic rings. The molecule has 0 bridgehead atoms. The second-order valence-corrected chi connectivity index (χ2v) is 6.17. The molecule has 0 aromatic carbocycles. The van der Waals surface area contributed by atoms with Crippen LogP contribution >= 0.6 is 38.6 Å². The van der Waals surface area contributed by atoms with Crippen LogP contribution in [-0.4, -0.2) is 15.7 Å². The number of ketones is 1. The standard InChI is InChI=1S/C8H3BrN2O3S2/c9-5-2-1-4(15-5)7(12)8-10-3-6(16-8)11(13)14/h1-3H. The van der Waals surface area contributed by atoms with Gasteiger partial charge in [0.25, 0.3) is 0 Å². The molecule has 0 N–H and O–H groups in total. The van der Waals surface area contributed by atoms with Gasteiger partial charge >= 0.3 is 5.00 Å². The van der Waals surface area contributed by atoms with Crippen LogP contribution in [0.2, 0.25) is 0 Å². The summed E-state index contributed by atoms with van der Waals surface area (Å²) in [5.74, 6) is -0.284. The fourth-order valence-corrected chi connectivity index (χ4v) is 3.07. The van der Waals surface area contributed by atoms with E-state index in [4.69, 9.17) is 0 Å². The zero-order chi connectivity index (χ0) is 11.7. The van der Waals surface area contributed by atoms with Gasteiger partial charge in [-0.3, -0.25) is 14.9 Å². The first kappa shape index (κ1) is 11.4. The van der Waals surface area contributed by atoms with Crippen LogP contribution in [0.5, 0.6) is 0 Å². The van der Waals surface area contributed by atoms with Crippen molar-refractivity contribution in [2.24, 2.45) is 0 Å². The van der Waals surface area contributed by atoms with E-state index < -0.39 is 4.92 Å². The summed E-state index contributed by atoms with van der Waals surface area (Å²) >= 11 is 5.30. The van der Waals surface area contributed by atoms with E-state index in [2.05, 4.69) is 20.9 Å². The Hall–Kier alpha value is -1.12. The van der Waals surface area contributed by atoms with E-state index >= 15 is 0 Å². The van der Waals surface area contributed by atoms with Gasteiger partial charge in [-0.15, -0.1) is 11.3 Å². The molecule has 0 amide bonds. The summed E-state index contributed by atoms with van der Waals surface area (Å²) in [6, 6.07) is 3.41. The van der Waals surface area contributed by atoms with E-state index in [1.807, 2.05) is 0 Å². The lowest BCUT2D eigenvalue weighted by molar-refractivity contribution is -0.380. The topological polar surface area (TPSA) is 73.1 Å². The van der Waals surface area contributed by atoms with Gasteiger partial charge in [0.2, 0.25) is 5.78 Å². The molecule has 0 saturated heterocycles. The van der Waals surface area contributed by atoms with E-state index in [-0.39, 0.29) is 15.8 Å². The molecule has 82 valence electrons. The molecule has 5 nitrogen and oxygen atoms in total. The number of aromatic nitrogens is 1. The molecule has 0 spiro atoms. The molecular formula is C8H3BrN2O3S2. The van der Waals surface area contributed by atoms with Crippen molar-refractivity contribution in [2.45, 2.75) is 0 Å². The first-order valence-electron chi connectivity index (χ1n) is 3.98. The van der Waals surface area contributed by atoms with E-state index in [1.54, 1.807) is 12.1 Å². The predicted octanol–water partition coefficient (Wildman–Crippen LogP) is 3.11. The first-order valence-corrected chi connectivity index (χ1v) is 6.41. The molecule has 2 aromatic heterocycles. The molecule has 8 heteroatoms. The van der Waals surface area contributed by atoms with Crippen LogP contribution in [0.4, 0.5) is 5.00 Å². The largest absolute Gasteiger partial charge is 0.344 e. The smallest absolute Gasteiger partial charge is 0.285 e. The van der Waals surface area contributed by atoms with Crippen LogP contribution < -0.4 is 0 Å². The fraction of sp³-hybridized carbons (Fsp3) is 0. The number of hydrogen-bond donors (Lipinski definition) is 0. The predicted molar refractivity (Wildman–Crippen MR) is 64.2 cm³/mol. The van der Waals surface area contributed by atoms with E-state index in [1.165, 1.54) is 11.3 Å². The molecule has 0 unspecified atom stereocenters. The lowest BCUT2D eigenvalue weighted by Crippen LogP contribution is -1.96. The van der Waals surface area contributed by atoms with Gasteiger partial charge in [0.05, 0.1) is 13.6 Å². The van der Waals surface area contributed by atoms with Gasteiger partial charge in [0, 0.05) is 0 Å². The average Bonchev–Trinajstić information content (AvgIpc) is 2.84. The Kier molecular flexibility index (Phi) is 3.13. The average molecular weight is 319 g/mol. The number of carbonyl (C=O) groups excluding carboxylic acids is 1. The molecule has 0 fully saturated rings. The molecule has 0 aliphatic heterocycles. The second-order valence-electron chi connectivity index (χ2n) is 2.69. The zero-order valence-electron chi connectivity index (χ0n) is 7.55. The van der Waals surface area contributed by atoms with Gasteiger partial charge in [-0.25, -0.2) is 4.98 Å². The number of rotatable bonds is 3. The first-order chi connectivity index (χ1) is 7.58. The summed E-state index contributed by atoms with van der Waals surface area (Å²) in [4.78, 5) is 25.9. The fourth-order valence-electron chi connectivity index (χ4n) is 0.997. The van der Waals surface area contributed by atoms with Gasteiger partial charge < -0.3 is 0 Å². The summed E-state index contributed by atoms with van der Waals surface area (Å²) in [5.41, 5.74) is 0. The Balaban J connectivity index is 2.30. The van der Waals surface area contributed by atoms with Crippen molar-refractivity contribution in [3.05, 3.63) is 42.1 Å². The third kappa shape index (κ3) is 2.18. The highest BCUT2D eigenvalue weighted by atomic mass is 79.9. The highest BCUT2D eigenvalue weighted by Gasteiger charge is 2.19. The summed E-state index contributed by atoms with van der Waals surface area (Å²) in [6.07, 6.45) is 1.10. The number of hydrogen-bond acceptors (Lipinski definition) is 6. The Morgan fingerprint density at radius 2 is 2.19 bits per heavy atom. The Labute approximate surface area is 106 Å². The Bertz CT molecular complexity index is 563. The minimum absolute atomic E-state index is 0.126. The second kappa shape index (κ2) is 4.40. The summed E-state index contributed by atoms with van der Waals surface area (Å²) < 4.78 is 0.835. The van der Waals surface area contributed by atoms with Crippen molar-refractivity contribution in [3.8, 4) is 0 Å². The number of nitrogens with zero attached hydrogens (tertiary/aromatic N) is 2. The van der Waals surface area contributed by atoms with E-state index in [0.29, 0.717) is 4.88 Å². The number of thiophene rings is 1. The lowest BCUT2D eigenvalue weighted by atomic mass is 10.3. The molecule has 0 radical (unpaired) electrons. The molecule has 2 heterocycles. The highest BCUT2D eigenvalue weighted by molar-refractivity contribution is 9.11. The van der Waals surface area contributed by atoms with Crippen molar-refractivity contribution in [2.75, 3.05) is 0 Å². The molecule has 2 rings (SSSR count). The minimum Gasteiger partial charge on any atom is -0.285 e. The molecular weight excluding hydrogens is 316 g/mol. The maximum absolute atomic E-state index is 11.8. The molecule has 2 aromatic rings. The third-order valence-electron chi connectivity index (χ3n) is 1.66. The number of thiazole rings is 1. The van der Waals surface area contributed by atoms with Gasteiger partial charge in [-0.2, -0.15) is 0 Å². The molecule has 0 atom stereocenters. The van der Waals surface area contributed by atoms with Gasteiger partial charge in [0.15, 0.2) is 5.01 Å². The van der Waals surface area contributed by atoms with Crippen molar-refractivity contribution < 1.29 is 9.72 Å². The van der Waals surface area contributed by atoms with Crippen molar-refractivity contribution in [3.63, 3.8) is 0 Å². The maximum atomic E-state index is 11.8. The van der Waals surface area contributed by atoms with Gasteiger partial charge in [-0.1, -0.05) is 0 Å². The van der Waals surface area contributed by atoms with E-state index in [0.717, 1.165) is 21.3 Å². The maximum Gasteiger partial charge on any atom is 0.344 e. The third-order valence-corrected chi connectivity index (χ3v) is 4.23. The monoisotopic (exact) mass is 318 g/mol. The van der Waals surface area contributed by atoms with Crippen molar-refractivity contribution in [1.82, 2.24) is 4.98 Å². The minimum atomic E-state index is -0.557. The Morgan fingerprint density at radius 3 is 2.69 bits per heavy atom. The van der Waals surface area contributed by atoms with Gasteiger partial charge in [-0.05, 0) is 39.4 Å². The van der Waals surface area contributed by atoms with Gasteiger partial charge in [0.1, 0.15) is 6.20 Å². The van der Waals surface area contributed by atoms with Crippen LogP contribution in [0.15, 0.2) is 22.1 Å². The van der Waals surface area contributed by atoms with E-state index in [9.17, 15) is 14.9 Å². The highest BCUT2D eigenvalue weighted by Crippen LogP contribution is 2.27. The van der Waals surface area contributed by atoms with Crippen molar-refractivity contribution >= 4 is 49.4 Å². The Morgan fingerprint density at radius 1 is 1.44 bits per heavy atom. The SMILES string of the molecule is O=C(c1ccc(Br)s1)c1ncc([N+](=O)[O-])s1. The number of carbonyl (C=O) groups is 1. The summed E-state index contributed by atoms with van der Waals surface area (Å²) in [5, 5.41) is 10.5. The molecule has 16 heavy (non-hydrogen) atoms. The van der Waals surface area contributed by atoms with Crippen LogP contribution in [0.25, 0.3) is 0 Å². The quantitative estimate of drug-likeness (QED) is 0.495. The van der Waals surface area contributed by atoms with Crippen LogP contribution in [0.3, 0.4) is 0 Å². The molecule has 0 aliphatic carbocycles. The number of halogens is 1. The molecule has 0 saturated carbocycles. The lowest BCUT2D eigenvalue weighted by Gasteiger charge is -1.88.